The van der Waals surface area contributed by atoms with Crippen LogP contribution >= 0.6 is 0 Å². The molecule has 1 heterocycles. The van der Waals surface area contributed by atoms with Crippen molar-refractivity contribution in [2.45, 2.75) is 32.6 Å². The van der Waals surface area contributed by atoms with Crippen molar-refractivity contribution in [3.05, 3.63) is 41.3 Å². The number of hydrogen-bond acceptors (Lipinski definition) is 4. The number of fused-ring (bicyclic) bond motifs is 1. The Morgan fingerprint density at radius 1 is 1.16 bits per heavy atom. The fourth-order valence-corrected chi connectivity index (χ4v) is 2.44. The molecule has 0 saturated heterocycles. The lowest BCUT2D eigenvalue weighted by Crippen LogP contribution is -2.08. The van der Waals surface area contributed by atoms with Gasteiger partial charge in [-0.3, -0.25) is 0 Å². The summed E-state index contributed by atoms with van der Waals surface area (Å²) in [5, 5.41) is 0. The molecule has 0 aliphatic heterocycles. The summed E-state index contributed by atoms with van der Waals surface area (Å²) in [6.07, 6.45) is 5.93. The minimum Gasteiger partial charge on any atom is -0.436 e. The maximum atomic E-state index is 5.98. The average Bonchev–Trinajstić information content (AvgIpc) is 2.42. The van der Waals surface area contributed by atoms with E-state index in [1.54, 1.807) is 6.33 Å². The summed E-state index contributed by atoms with van der Waals surface area (Å²) >= 11 is 0. The highest BCUT2D eigenvalue weighted by Gasteiger charge is 2.17. The van der Waals surface area contributed by atoms with Crippen LogP contribution in [0.3, 0.4) is 0 Å². The lowest BCUT2D eigenvalue weighted by atomic mass is 9.97. The number of anilines is 1. The molecule has 4 heteroatoms. The zero-order chi connectivity index (χ0) is 13.2. The fourth-order valence-electron chi connectivity index (χ4n) is 2.44. The van der Waals surface area contributed by atoms with Crippen LogP contribution in [0.2, 0.25) is 0 Å². The van der Waals surface area contributed by atoms with E-state index >= 15 is 0 Å². The van der Waals surface area contributed by atoms with Crippen molar-refractivity contribution in [3.8, 4) is 11.6 Å². The first-order valence-corrected chi connectivity index (χ1v) is 6.61. The van der Waals surface area contributed by atoms with E-state index in [1.807, 2.05) is 25.1 Å². The topological polar surface area (TPSA) is 61.0 Å². The van der Waals surface area contributed by atoms with Gasteiger partial charge >= 0.3 is 0 Å². The summed E-state index contributed by atoms with van der Waals surface area (Å²) in [7, 11) is 0. The van der Waals surface area contributed by atoms with Crippen molar-refractivity contribution in [1.82, 2.24) is 9.97 Å². The molecule has 1 aromatic carbocycles. The van der Waals surface area contributed by atoms with Crippen molar-refractivity contribution in [2.24, 2.45) is 0 Å². The quantitative estimate of drug-likeness (QED) is 0.838. The van der Waals surface area contributed by atoms with E-state index in [2.05, 4.69) is 9.97 Å². The number of ether oxygens (including phenoxy) is 1. The fraction of sp³-hybridized carbons (Fsp3) is 0.333. The predicted octanol–water partition coefficient (Wildman–Crippen LogP) is 3.04. The number of benzene rings is 1. The Kier molecular flexibility index (Phi) is 3.07. The number of aromatic nitrogens is 2. The van der Waals surface area contributed by atoms with E-state index in [9.17, 15) is 0 Å². The van der Waals surface area contributed by atoms with E-state index in [0.717, 1.165) is 29.7 Å². The van der Waals surface area contributed by atoms with Gasteiger partial charge in [-0.25, -0.2) is 9.97 Å². The molecule has 0 bridgehead atoms. The Hall–Kier alpha value is -2.10. The first-order chi connectivity index (χ1) is 9.24. The predicted molar refractivity (Wildman–Crippen MR) is 74.3 cm³/mol. The monoisotopic (exact) mass is 255 g/mol. The molecule has 98 valence electrons. The summed E-state index contributed by atoms with van der Waals surface area (Å²) in [6, 6.07) is 5.78. The second-order valence-electron chi connectivity index (χ2n) is 4.95. The highest BCUT2D eigenvalue weighted by molar-refractivity contribution is 5.55. The molecule has 0 atom stereocenters. The third-order valence-corrected chi connectivity index (χ3v) is 3.46. The van der Waals surface area contributed by atoms with Crippen molar-refractivity contribution in [1.29, 1.82) is 0 Å². The maximum Gasteiger partial charge on any atom is 0.225 e. The van der Waals surface area contributed by atoms with Gasteiger partial charge in [0.2, 0.25) is 5.88 Å². The van der Waals surface area contributed by atoms with Crippen LogP contribution in [0.5, 0.6) is 11.6 Å². The van der Waals surface area contributed by atoms with Crippen LogP contribution in [0.15, 0.2) is 24.5 Å². The van der Waals surface area contributed by atoms with Crippen LogP contribution in [-0.2, 0) is 12.8 Å². The number of nitrogens with zero attached hydrogens (tertiary/aromatic N) is 2. The molecule has 1 aliphatic carbocycles. The Balaban J connectivity index is 1.95. The lowest BCUT2D eigenvalue weighted by molar-refractivity contribution is 0.449. The van der Waals surface area contributed by atoms with Crippen LogP contribution in [0.25, 0.3) is 0 Å². The van der Waals surface area contributed by atoms with Crippen molar-refractivity contribution in [2.75, 3.05) is 5.73 Å². The van der Waals surface area contributed by atoms with E-state index in [1.165, 1.54) is 12.8 Å². The summed E-state index contributed by atoms with van der Waals surface area (Å²) in [4.78, 5) is 8.60. The van der Waals surface area contributed by atoms with Gasteiger partial charge in [-0.1, -0.05) is 6.07 Å². The number of nitrogen functional groups attached to an aromatic ring is 1. The molecule has 0 unspecified atom stereocenters. The van der Waals surface area contributed by atoms with E-state index in [0.29, 0.717) is 17.3 Å². The van der Waals surface area contributed by atoms with Crippen LogP contribution in [0, 0.1) is 6.92 Å². The van der Waals surface area contributed by atoms with Gasteiger partial charge in [0, 0.05) is 5.56 Å². The van der Waals surface area contributed by atoms with Gasteiger partial charge < -0.3 is 10.5 Å². The largest absolute Gasteiger partial charge is 0.436 e. The first-order valence-electron chi connectivity index (χ1n) is 6.61. The van der Waals surface area contributed by atoms with Gasteiger partial charge in [0.25, 0.3) is 0 Å². The SMILES string of the molecule is Cc1ccc(Oc2ncnc3c2CCCC3)c(N)c1. The molecular weight excluding hydrogens is 238 g/mol. The lowest BCUT2D eigenvalue weighted by Gasteiger charge is -2.17. The molecule has 19 heavy (non-hydrogen) atoms. The van der Waals surface area contributed by atoms with Crippen molar-refractivity contribution >= 4 is 5.69 Å². The summed E-state index contributed by atoms with van der Waals surface area (Å²) in [5.41, 5.74) is 9.98. The Bertz CT molecular complexity index is 610. The minimum atomic E-state index is 0.642. The van der Waals surface area contributed by atoms with Gasteiger partial charge in [0.05, 0.1) is 11.4 Å². The highest BCUT2D eigenvalue weighted by atomic mass is 16.5. The summed E-state index contributed by atoms with van der Waals surface area (Å²) < 4.78 is 5.89. The molecule has 2 aromatic rings. The van der Waals surface area contributed by atoms with Gasteiger partial charge in [-0.05, 0) is 50.3 Å². The molecule has 0 spiro atoms. The standard InChI is InChI=1S/C15H17N3O/c1-10-6-7-14(12(16)8-10)19-15-11-4-2-3-5-13(11)17-9-18-15/h6-9H,2-5,16H2,1H3. The maximum absolute atomic E-state index is 5.98. The molecule has 0 amide bonds. The normalized spacial score (nSPS) is 13.9. The molecule has 1 aromatic heterocycles. The van der Waals surface area contributed by atoms with Crippen molar-refractivity contribution < 1.29 is 4.74 Å². The van der Waals surface area contributed by atoms with Crippen LogP contribution < -0.4 is 10.5 Å². The number of nitrogens with two attached hydrogens (primary N) is 1. The Morgan fingerprint density at radius 2 is 2.00 bits per heavy atom. The van der Waals surface area contributed by atoms with Crippen LogP contribution in [-0.4, -0.2) is 9.97 Å². The van der Waals surface area contributed by atoms with Gasteiger partial charge in [0.1, 0.15) is 6.33 Å². The zero-order valence-electron chi connectivity index (χ0n) is 11.0. The summed E-state index contributed by atoms with van der Waals surface area (Å²) in [6.45, 7) is 2.01. The molecule has 3 rings (SSSR count). The summed E-state index contributed by atoms with van der Waals surface area (Å²) in [5.74, 6) is 1.32. The Labute approximate surface area is 112 Å². The molecule has 2 N–H and O–H groups in total. The molecule has 0 saturated carbocycles. The van der Waals surface area contributed by atoms with E-state index in [-0.39, 0.29) is 0 Å². The third-order valence-electron chi connectivity index (χ3n) is 3.46. The molecule has 0 radical (unpaired) electrons. The molecular formula is C15H17N3O. The second kappa shape index (κ2) is 4.88. The van der Waals surface area contributed by atoms with Gasteiger partial charge in [-0.15, -0.1) is 0 Å². The number of rotatable bonds is 2. The highest BCUT2D eigenvalue weighted by Crippen LogP contribution is 2.32. The smallest absolute Gasteiger partial charge is 0.225 e. The number of aryl methyl sites for hydroxylation is 2. The van der Waals surface area contributed by atoms with Crippen molar-refractivity contribution in [3.63, 3.8) is 0 Å². The van der Waals surface area contributed by atoms with Crippen LogP contribution in [0.4, 0.5) is 5.69 Å². The zero-order valence-corrected chi connectivity index (χ0v) is 11.0. The number of hydrogen-bond donors (Lipinski definition) is 1. The molecule has 1 aliphatic rings. The van der Waals surface area contributed by atoms with E-state index in [4.69, 9.17) is 10.5 Å². The molecule has 4 nitrogen and oxygen atoms in total. The van der Waals surface area contributed by atoms with Gasteiger partial charge in [-0.2, -0.15) is 0 Å². The van der Waals surface area contributed by atoms with E-state index < -0.39 is 0 Å². The third kappa shape index (κ3) is 2.38. The average molecular weight is 255 g/mol. The minimum absolute atomic E-state index is 0.642. The molecule has 0 fully saturated rings. The second-order valence-corrected chi connectivity index (χ2v) is 4.95. The van der Waals surface area contributed by atoms with Crippen LogP contribution in [0.1, 0.15) is 29.7 Å². The first kappa shape index (κ1) is 12.0. The Morgan fingerprint density at radius 3 is 2.84 bits per heavy atom. The van der Waals surface area contributed by atoms with Gasteiger partial charge in [0.15, 0.2) is 5.75 Å².